The van der Waals surface area contributed by atoms with Gasteiger partial charge in [-0.05, 0) is 6.07 Å². The first-order valence-electron chi connectivity index (χ1n) is 5.80. The van der Waals surface area contributed by atoms with Gasteiger partial charge < -0.3 is 14.7 Å². The van der Waals surface area contributed by atoms with Gasteiger partial charge >= 0.3 is 5.97 Å². The molecule has 1 unspecified atom stereocenters. The van der Waals surface area contributed by atoms with E-state index in [1.54, 1.807) is 11.0 Å². The van der Waals surface area contributed by atoms with Crippen LogP contribution in [0.4, 0.5) is 0 Å². The monoisotopic (exact) mass is 284 g/mol. The van der Waals surface area contributed by atoms with Crippen LogP contribution in [0.25, 0.3) is 0 Å². The number of carboxylic acids is 1. The Labute approximate surface area is 114 Å². The molecule has 19 heavy (non-hydrogen) atoms. The lowest BCUT2D eigenvalue weighted by atomic mass is 10.1. The van der Waals surface area contributed by atoms with E-state index in [0.717, 1.165) is 0 Å². The number of amides is 1. The van der Waals surface area contributed by atoms with Gasteiger partial charge in [-0.1, -0.05) is 11.6 Å². The molecule has 2 rings (SSSR count). The van der Waals surface area contributed by atoms with Gasteiger partial charge in [0.25, 0.3) is 5.91 Å². The van der Waals surface area contributed by atoms with E-state index in [4.69, 9.17) is 21.4 Å². The summed E-state index contributed by atoms with van der Waals surface area (Å²) in [6.45, 7) is 1.00. The maximum atomic E-state index is 12.3. The van der Waals surface area contributed by atoms with Crippen molar-refractivity contribution in [1.29, 1.82) is 0 Å². The Morgan fingerprint density at radius 2 is 2.37 bits per heavy atom. The molecule has 1 aromatic rings. The molecule has 0 aromatic carbocycles. The lowest BCUT2D eigenvalue weighted by molar-refractivity contribution is -0.141. The predicted molar refractivity (Wildman–Crippen MR) is 67.1 cm³/mol. The van der Waals surface area contributed by atoms with Crippen molar-refractivity contribution in [3.05, 3.63) is 29.0 Å². The van der Waals surface area contributed by atoms with Crippen LogP contribution in [0.1, 0.15) is 16.8 Å². The van der Waals surface area contributed by atoms with Crippen LogP contribution < -0.4 is 0 Å². The first-order valence-corrected chi connectivity index (χ1v) is 6.18. The molecule has 1 fully saturated rings. The topological polar surface area (TPSA) is 79.7 Å². The Kier molecular flexibility index (Phi) is 4.34. The third-order valence-corrected chi connectivity index (χ3v) is 3.13. The molecule has 0 radical (unpaired) electrons. The minimum Gasteiger partial charge on any atom is -0.481 e. The standard InChI is InChI=1S/C12H13ClN2O4/c13-10-6-14-2-1-9(10)12(18)15-3-4-19-8(7-15)5-11(16)17/h1-2,6,8H,3-5,7H2,(H,16,17). The molecule has 1 aromatic heterocycles. The predicted octanol–water partition coefficient (Wildman–Crippen LogP) is 1.05. The molecule has 1 N–H and O–H groups in total. The summed E-state index contributed by atoms with van der Waals surface area (Å²) >= 11 is 5.92. The van der Waals surface area contributed by atoms with Gasteiger partial charge in [0.05, 0.1) is 29.7 Å². The minimum absolute atomic E-state index is 0.117. The van der Waals surface area contributed by atoms with E-state index in [2.05, 4.69) is 4.98 Å². The third kappa shape index (κ3) is 3.42. The largest absolute Gasteiger partial charge is 0.481 e. The molecule has 7 heteroatoms. The number of aromatic nitrogens is 1. The number of morpholine rings is 1. The summed E-state index contributed by atoms with van der Waals surface area (Å²) in [6.07, 6.45) is 2.31. The fourth-order valence-electron chi connectivity index (χ4n) is 1.94. The van der Waals surface area contributed by atoms with Crippen molar-refractivity contribution >= 4 is 23.5 Å². The van der Waals surface area contributed by atoms with Crippen LogP contribution in [0.15, 0.2) is 18.5 Å². The van der Waals surface area contributed by atoms with Crippen LogP contribution in [-0.2, 0) is 9.53 Å². The molecule has 1 aliphatic heterocycles. The minimum atomic E-state index is -0.943. The van der Waals surface area contributed by atoms with E-state index in [1.165, 1.54) is 12.4 Å². The van der Waals surface area contributed by atoms with Gasteiger partial charge in [0, 0.05) is 25.5 Å². The number of carbonyl (C=O) groups is 2. The lowest BCUT2D eigenvalue weighted by Crippen LogP contribution is -2.46. The zero-order valence-electron chi connectivity index (χ0n) is 10.1. The quantitative estimate of drug-likeness (QED) is 0.897. The number of pyridine rings is 1. The number of aliphatic carboxylic acids is 1. The second kappa shape index (κ2) is 5.99. The van der Waals surface area contributed by atoms with Gasteiger partial charge in [-0.3, -0.25) is 14.6 Å². The Bertz CT molecular complexity index is 494. The van der Waals surface area contributed by atoms with Crippen molar-refractivity contribution in [3.8, 4) is 0 Å². The van der Waals surface area contributed by atoms with Crippen LogP contribution in [0.2, 0.25) is 5.02 Å². The van der Waals surface area contributed by atoms with Crippen molar-refractivity contribution in [2.75, 3.05) is 19.7 Å². The van der Waals surface area contributed by atoms with E-state index in [0.29, 0.717) is 18.7 Å². The molecule has 6 nitrogen and oxygen atoms in total. The lowest BCUT2D eigenvalue weighted by Gasteiger charge is -2.32. The summed E-state index contributed by atoms with van der Waals surface area (Å²) in [6, 6.07) is 1.55. The number of carboxylic acid groups (broad SMARTS) is 1. The molecule has 0 saturated carbocycles. The molecule has 0 bridgehead atoms. The highest BCUT2D eigenvalue weighted by atomic mass is 35.5. The number of halogens is 1. The maximum Gasteiger partial charge on any atom is 0.306 e. The van der Waals surface area contributed by atoms with E-state index >= 15 is 0 Å². The number of carbonyl (C=O) groups excluding carboxylic acids is 1. The van der Waals surface area contributed by atoms with Crippen molar-refractivity contribution in [3.63, 3.8) is 0 Å². The zero-order valence-corrected chi connectivity index (χ0v) is 10.8. The Morgan fingerprint density at radius 3 is 3.05 bits per heavy atom. The van der Waals surface area contributed by atoms with Gasteiger partial charge in [-0.15, -0.1) is 0 Å². The summed E-state index contributed by atoms with van der Waals surface area (Å²) in [4.78, 5) is 28.3. The second-order valence-corrected chi connectivity index (χ2v) is 4.60. The summed E-state index contributed by atoms with van der Waals surface area (Å²) < 4.78 is 5.32. The molecule has 0 aliphatic carbocycles. The van der Waals surface area contributed by atoms with Crippen LogP contribution in [0.5, 0.6) is 0 Å². The highest BCUT2D eigenvalue weighted by molar-refractivity contribution is 6.33. The highest BCUT2D eigenvalue weighted by Crippen LogP contribution is 2.18. The normalized spacial score (nSPS) is 19.2. The number of rotatable bonds is 3. The number of ether oxygens (including phenoxy) is 1. The molecule has 1 atom stereocenters. The number of hydrogen-bond acceptors (Lipinski definition) is 4. The molecule has 1 saturated heterocycles. The van der Waals surface area contributed by atoms with Crippen LogP contribution in [-0.4, -0.2) is 52.7 Å². The van der Waals surface area contributed by atoms with Crippen LogP contribution in [0, 0.1) is 0 Å². The van der Waals surface area contributed by atoms with Crippen molar-refractivity contribution in [2.24, 2.45) is 0 Å². The van der Waals surface area contributed by atoms with Crippen LogP contribution in [0.3, 0.4) is 0 Å². The van der Waals surface area contributed by atoms with E-state index in [9.17, 15) is 9.59 Å². The molecular formula is C12H13ClN2O4. The first-order chi connectivity index (χ1) is 9.08. The zero-order chi connectivity index (χ0) is 13.8. The smallest absolute Gasteiger partial charge is 0.306 e. The third-order valence-electron chi connectivity index (χ3n) is 2.83. The summed E-state index contributed by atoms with van der Waals surface area (Å²) in [5.74, 6) is -1.17. The Balaban J connectivity index is 2.07. The van der Waals surface area contributed by atoms with Crippen molar-refractivity contribution < 1.29 is 19.4 Å². The molecule has 1 amide bonds. The summed E-state index contributed by atoms with van der Waals surface area (Å²) in [5, 5.41) is 9.02. The summed E-state index contributed by atoms with van der Waals surface area (Å²) in [5.41, 5.74) is 0.368. The van der Waals surface area contributed by atoms with Gasteiger partial charge in [-0.25, -0.2) is 0 Å². The van der Waals surface area contributed by atoms with Gasteiger partial charge in [0.1, 0.15) is 0 Å². The Morgan fingerprint density at radius 1 is 1.58 bits per heavy atom. The van der Waals surface area contributed by atoms with E-state index < -0.39 is 12.1 Å². The van der Waals surface area contributed by atoms with Crippen LogP contribution >= 0.6 is 11.6 Å². The molecule has 102 valence electrons. The van der Waals surface area contributed by atoms with E-state index in [-0.39, 0.29) is 23.9 Å². The second-order valence-electron chi connectivity index (χ2n) is 4.20. The molecule has 0 spiro atoms. The maximum absolute atomic E-state index is 12.3. The fraction of sp³-hybridized carbons (Fsp3) is 0.417. The van der Waals surface area contributed by atoms with Gasteiger partial charge in [0.15, 0.2) is 0 Å². The fourth-order valence-corrected chi connectivity index (χ4v) is 2.14. The van der Waals surface area contributed by atoms with Gasteiger partial charge in [0.2, 0.25) is 0 Å². The molecule has 1 aliphatic rings. The average Bonchev–Trinajstić information content (AvgIpc) is 2.38. The molecular weight excluding hydrogens is 272 g/mol. The SMILES string of the molecule is O=C(O)CC1CN(C(=O)c2ccncc2Cl)CCO1. The number of nitrogens with zero attached hydrogens (tertiary/aromatic N) is 2. The van der Waals surface area contributed by atoms with Gasteiger partial charge in [-0.2, -0.15) is 0 Å². The highest BCUT2D eigenvalue weighted by Gasteiger charge is 2.27. The van der Waals surface area contributed by atoms with E-state index in [1.807, 2.05) is 0 Å². The average molecular weight is 285 g/mol. The Hall–Kier alpha value is -1.66. The molecule has 2 heterocycles. The van der Waals surface area contributed by atoms with Crippen molar-refractivity contribution in [2.45, 2.75) is 12.5 Å². The van der Waals surface area contributed by atoms with Crippen molar-refractivity contribution in [1.82, 2.24) is 9.88 Å². The first kappa shape index (κ1) is 13.8. The number of hydrogen-bond donors (Lipinski definition) is 1. The summed E-state index contributed by atoms with van der Waals surface area (Å²) in [7, 11) is 0.